The fourth-order valence-electron chi connectivity index (χ4n) is 2.14. The van der Waals surface area contributed by atoms with E-state index in [2.05, 4.69) is 41.9 Å². The van der Waals surface area contributed by atoms with Crippen LogP contribution in [-0.2, 0) is 6.54 Å². The van der Waals surface area contributed by atoms with Crippen molar-refractivity contribution in [3.63, 3.8) is 0 Å². The molecular formula is C12H21N3. The molecule has 0 aromatic carbocycles. The lowest BCUT2D eigenvalue weighted by Crippen LogP contribution is -2.25. The van der Waals surface area contributed by atoms with Crippen LogP contribution in [0.2, 0.25) is 0 Å². The zero-order valence-electron chi connectivity index (χ0n) is 9.90. The molecule has 1 heterocycles. The molecule has 3 nitrogen and oxygen atoms in total. The molecule has 0 radical (unpaired) electrons. The minimum atomic E-state index is 0.599. The predicted molar refractivity (Wildman–Crippen MR) is 61.9 cm³/mol. The second-order valence-electron chi connectivity index (χ2n) is 4.74. The van der Waals surface area contributed by atoms with Crippen molar-refractivity contribution < 1.29 is 0 Å². The van der Waals surface area contributed by atoms with E-state index in [1.54, 1.807) is 0 Å². The van der Waals surface area contributed by atoms with Gasteiger partial charge in [0.25, 0.3) is 0 Å². The third kappa shape index (κ3) is 2.40. The third-order valence-corrected chi connectivity index (χ3v) is 3.14. The van der Waals surface area contributed by atoms with E-state index in [1.165, 1.54) is 12.1 Å². The Balaban J connectivity index is 1.88. The average Bonchev–Trinajstić information content (AvgIpc) is 2.82. The number of aromatic nitrogens is 2. The molecule has 1 aromatic rings. The largest absolute Gasteiger partial charge is 0.314 e. The highest BCUT2D eigenvalue weighted by Crippen LogP contribution is 2.46. The minimum absolute atomic E-state index is 0.599. The van der Waals surface area contributed by atoms with Crippen LogP contribution >= 0.6 is 0 Å². The van der Waals surface area contributed by atoms with E-state index in [-0.39, 0.29) is 0 Å². The maximum absolute atomic E-state index is 4.32. The highest BCUT2D eigenvalue weighted by Gasteiger charge is 2.39. The Bertz CT molecular complexity index is 316. The molecule has 2 rings (SSSR count). The van der Waals surface area contributed by atoms with Gasteiger partial charge in [0.05, 0.1) is 0 Å². The SMILES string of the molecule is CCn1nccc1C1CC1CNC(C)C. The van der Waals surface area contributed by atoms with Crippen LogP contribution in [-0.4, -0.2) is 22.4 Å². The van der Waals surface area contributed by atoms with Gasteiger partial charge >= 0.3 is 0 Å². The van der Waals surface area contributed by atoms with E-state index in [1.807, 2.05) is 6.20 Å². The van der Waals surface area contributed by atoms with Gasteiger partial charge in [0.2, 0.25) is 0 Å². The molecule has 0 amide bonds. The van der Waals surface area contributed by atoms with Crippen molar-refractivity contribution in [1.82, 2.24) is 15.1 Å². The summed E-state index contributed by atoms with van der Waals surface area (Å²) in [6.07, 6.45) is 3.25. The van der Waals surface area contributed by atoms with Gasteiger partial charge in [0.1, 0.15) is 0 Å². The summed E-state index contributed by atoms with van der Waals surface area (Å²) < 4.78 is 2.13. The van der Waals surface area contributed by atoms with Crippen LogP contribution in [0.1, 0.15) is 38.8 Å². The van der Waals surface area contributed by atoms with Gasteiger partial charge in [-0.1, -0.05) is 13.8 Å². The summed E-state index contributed by atoms with van der Waals surface area (Å²) >= 11 is 0. The minimum Gasteiger partial charge on any atom is -0.314 e. The number of rotatable bonds is 5. The Hall–Kier alpha value is -0.830. The lowest BCUT2D eigenvalue weighted by Gasteiger charge is -2.07. The van der Waals surface area contributed by atoms with Crippen molar-refractivity contribution in [2.75, 3.05) is 6.54 Å². The van der Waals surface area contributed by atoms with Gasteiger partial charge in [-0.15, -0.1) is 0 Å². The first-order valence-electron chi connectivity index (χ1n) is 5.97. The van der Waals surface area contributed by atoms with Crippen LogP contribution in [0, 0.1) is 5.92 Å². The summed E-state index contributed by atoms with van der Waals surface area (Å²) in [4.78, 5) is 0. The molecule has 0 saturated heterocycles. The van der Waals surface area contributed by atoms with Crippen molar-refractivity contribution in [2.24, 2.45) is 5.92 Å². The Kier molecular flexibility index (Phi) is 3.10. The number of nitrogens with zero attached hydrogens (tertiary/aromatic N) is 2. The molecule has 0 aliphatic heterocycles. The Morgan fingerprint density at radius 2 is 2.40 bits per heavy atom. The first kappa shape index (κ1) is 10.7. The normalized spacial score (nSPS) is 24.8. The van der Waals surface area contributed by atoms with Crippen molar-refractivity contribution in [3.05, 3.63) is 18.0 Å². The second-order valence-corrected chi connectivity index (χ2v) is 4.74. The van der Waals surface area contributed by atoms with E-state index in [0.29, 0.717) is 6.04 Å². The average molecular weight is 207 g/mol. The van der Waals surface area contributed by atoms with E-state index in [4.69, 9.17) is 0 Å². The molecule has 1 fully saturated rings. The van der Waals surface area contributed by atoms with E-state index >= 15 is 0 Å². The molecule has 0 bridgehead atoms. The van der Waals surface area contributed by atoms with Crippen molar-refractivity contribution >= 4 is 0 Å². The molecule has 84 valence electrons. The molecule has 0 spiro atoms. The van der Waals surface area contributed by atoms with Crippen molar-refractivity contribution in [1.29, 1.82) is 0 Å². The molecule has 1 aliphatic carbocycles. The first-order chi connectivity index (χ1) is 7.22. The standard InChI is InChI=1S/C12H21N3/c1-4-15-12(5-6-14-15)11-7-10(11)8-13-9(2)3/h5-6,9-11,13H,4,7-8H2,1-3H3. The molecular weight excluding hydrogens is 186 g/mol. The molecule has 1 N–H and O–H groups in total. The van der Waals surface area contributed by atoms with Crippen LogP contribution in [0.3, 0.4) is 0 Å². The maximum Gasteiger partial charge on any atom is 0.0492 e. The summed E-state index contributed by atoms with van der Waals surface area (Å²) in [7, 11) is 0. The molecule has 2 atom stereocenters. The van der Waals surface area contributed by atoms with E-state index in [0.717, 1.165) is 24.9 Å². The summed E-state index contributed by atoms with van der Waals surface area (Å²) in [5.74, 6) is 1.58. The van der Waals surface area contributed by atoms with Crippen LogP contribution in [0.25, 0.3) is 0 Å². The Morgan fingerprint density at radius 1 is 1.60 bits per heavy atom. The third-order valence-electron chi connectivity index (χ3n) is 3.14. The van der Waals surface area contributed by atoms with Crippen LogP contribution in [0.15, 0.2) is 12.3 Å². The van der Waals surface area contributed by atoms with Gasteiger partial charge < -0.3 is 5.32 Å². The summed E-state index contributed by atoms with van der Waals surface area (Å²) in [5.41, 5.74) is 1.42. The smallest absolute Gasteiger partial charge is 0.0492 e. The van der Waals surface area contributed by atoms with E-state index in [9.17, 15) is 0 Å². The summed E-state index contributed by atoms with van der Waals surface area (Å²) in [6, 6.07) is 2.77. The van der Waals surface area contributed by atoms with Gasteiger partial charge in [0.15, 0.2) is 0 Å². The predicted octanol–water partition coefficient (Wildman–Crippen LogP) is 2.00. The number of aryl methyl sites for hydroxylation is 1. The summed E-state index contributed by atoms with van der Waals surface area (Å²) in [6.45, 7) is 8.70. The highest BCUT2D eigenvalue weighted by atomic mass is 15.3. The highest BCUT2D eigenvalue weighted by molar-refractivity contribution is 5.17. The van der Waals surface area contributed by atoms with Gasteiger partial charge in [0, 0.05) is 30.4 Å². The van der Waals surface area contributed by atoms with Crippen LogP contribution in [0.4, 0.5) is 0 Å². The zero-order valence-corrected chi connectivity index (χ0v) is 9.90. The quantitative estimate of drug-likeness (QED) is 0.800. The number of hydrogen-bond acceptors (Lipinski definition) is 2. The van der Waals surface area contributed by atoms with Gasteiger partial charge in [-0.25, -0.2) is 0 Å². The zero-order chi connectivity index (χ0) is 10.8. The number of hydrogen-bond donors (Lipinski definition) is 1. The molecule has 15 heavy (non-hydrogen) atoms. The van der Waals surface area contributed by atoms with Gasteiger partial charge in [-0.05, 0) is 31.9 Å². The van der Waals surface area contributed by atoms with E-state index < -0.39 is 0 Å². The fourth-order valence-corrected chi connectivity index (χ4v) is 2.14. The first-order valence-corrected chi connectivity index (χ1v) is 5.97. The summed E-state index contributed by atoms with van der Waals surface area (Å²) in [5, 5.41) is 7.83. The lowest BCUT2D eigenvalue weighted by atomic mass is 10.2. The molecule has 1 aromatic heterocycles. The molecule has 3 heteroatoms. The second kappa shape index (κ2) is 4.35. The van der Waals surface area contributed by atoms with Gasteiger partial charge in [-0.2, -0.15) is 5.10 Å². The van der Waals surface area contributed by atoms with Crippen LogP contribution in [0.5, 0.6) is 0 Å². The number of nitrogens with one attached hydrogen (secondary N) is 1. The topological polar surface area (TPSA) is 29.9 Å². The molecule has 1 aliphatic rings. The fraction of sp³-hybridized carbons (Fsp3) is 0.750. The Morgan fingerprint density at radius 3 is 3.07 bits per heavy atom. The van der Waals surface area contributed by atoms with Crippen molar-refractivity contribution in [2.45, 2.75) is 45.7 Å². The van der Waals surface area contributed by atoms with Crippen LogP contribution < -0.4 is 5.32 Å². The molecule has 1 saturated carbocycles. The monoisotopic (exact) mass is 207 g/mol. The molecule has 2 unspecified atom stereocenters. The maximum atomic E-state index is 4.32. The Labute approximate surface area is 91.9 Å². The van der Waals surface area contributed by atoms with Gasteiger partial charge in [-0.3, -0.25) is 4.68 Å². The van der Waals surface area contributed by atoms with Crippen molar-refractivity contribution in [3.8, 4) is 0 Å². The lowest BCUT2D eigenvalue weighted by molar-refractivity contribution is 0.545.